The summed E-state index contributed by atoms with van der Waals surface area (Å²) in [6.07, 6.45) is 0. The van der Waals surface area contributed by atoms with Gasteiger partial charge in [-0.25, -0.2) is 0 Å². The van der Waals surface area contributed by atoms with E-state index < -0.39 is 0 Å². The first-order valence-electron chi connectivity index (χ1n) is 29.7. The van der Waals surface area contributed by atoms with Crippen LogP contribution in [0.5, 0.6) is 0 Å². The molecule has 408 valence electrons. The summed E-state index contributed by atoms with van der Waals surface area (Å²) >= 11 is 0. The van der Waals surface area contributed by atoms with Crippen LogP contribution in [0.1, 0.15) is 47.2 Å². The normalized spacial score (nSPS) is 11.6. The molecule has 2 nitrogen and oxygen atoms in total. The highest BCUT2D eigenvalue weighted by molar-refractivity contribution is 6.02. The zero-order chi connectivity index (χ0) is 57.8. The van der Waals surface area contributed by atoms with Crippen molar-refractivity contribution in [3.8, 4) is 44.5 Å². The second-order valence-electron chi connectivity index (χ2n) is 23.7. The van der Waals surface area contributed by atoms with Gasteiger partial charge in [0.25, 0.3) is 0 Å². The largest absolute Gasteiger partial charge is 0.310 e. The second-order valence-corrected chi connectivity index (χ2v) is 23.7. The third-order valence-electron chi connectivity index (χ3n) is 17.4. The van der Waals surface area contributed by atoms with Crippen molar-refractivity contribution in [2.24, 2.45) is 0 Å². The summed E-state index contributed by atoms with van der Waals surface area (Å²) in [6.45, 7) is 13.6. The molecule has 0 radical (unpaired) electrons. The molecule has 0 aromatic heterocycles. The van der Waals surface area contributed by atoms with Crippen molar-refractivity contribution in [2.75, 3.05) is 9.80 Å². The minimum absolute atomic E-state index is 0.335. The summed E-state index contributed by atoms with van der Waals surface area (Å²) < 4.78 is 0. The predicted molar refractivity (Wildman–Crippen MR) is 365 cm³/mol. The third kappa shape index (κ3) is 10.1. The summed E-state index contributed by atoms with van der Waals surface area (Å²) in [7, 11) is 0. The molecular formula is C83H66N2. The van der Waals surface area contributed by atoms with Crippen molar-refractivity contribution < 1.29 is 0 Å². The van der Waals surface area contributed by atoms with Crippen LogP contribution in [0, 0.1) is 27.7 Å². The first-order chi connectivity index (χ1) is 41.5. The van der Waals surface area contributed by atoms with Gasteiger partial charge in [-0.2, -0.15) is 0 Å². The quantitative estimate of drug-likeness (QED) is 0.120. The number of hydrogen-bond acceptors (Lipinski definition) is 2. The lowest BCUT2D eigenvalue weighted by atomic mass is 9.78. The molecular weight excluding hydrogens is 1020 g/mol. The Bertz CT molecular complexity index is 4270. The summed E-state index contributed by atoms with van der Waals surface area (Å²) in [5.41, 5.74) is 23.3. The van der Waals surface area contributed by atoms with E-state index in [2.05, 4.69) is 343 Å². The number of nitrogens with zero attached hydrogens (tertiary/aromatic N) is 2. The Morgan fingerprint density at radius 1 is 0.224 bits per heavy atom. The fourth-order valence-corrected chi connectivity index (χ4v) is 13.2. The molecule has 14 aromatic rings. The molecule has 0 spiro atoms. The molecule has 2 heteroatoms. The van der Waals surface area contributed by atoms with Gasteiger partial charge in [0.2, 0.25) is 0 Å². The number of benzene rings is 14. The fraction of sp³-hybridized carbons (Fsp3) is 0.0843. The molecule has 0 saturated heterocycles. The molecule has 0 atom stereocenters. The highest BCUT2D eigenvalue weighted by Crippen LogP contribution is 2.46. The molecule has 0 saturated carbocycles. The predicted octanol–water partition coefficient (Wildman–Crippen LogP) is 23.5. The standard InChI is InChI=1S/C83H66N2/c1-55-43-63(79-31-15-23-59-19-7-11-27-75(59)79)51-71(47-55)84(72-48-56(2)44-64(52-72)80-32-16-24-60-20-8-12-28-76(60)80)69-39-35-67(36-40-69)83(5,6)68-37-41-70(42-38-68)85(73-49-57(3)45-65(53-73)81-33-17-25-61-21-9-13-29-77(61)81)74-50-58(4)46-66(54-74)82-34-18-26-62-22-10-14-30-78(62)82/h7-54H,1-6H3. The zero-order valence-electron chi connectivity index (χ0n) is 49.1. The van der Waals surface area contributed by atoms with Gasteiger partial charge >= 0.3 is 0 Å². The molecule has 85 heavy (non-hydrogen) atoms. The molecule has 0 aliphatic carbocycles. The van der Waals surface area contributed by atoms with E-state index in [9.17, 15) is 0 Å². The Morgan fingerprint density at radius 3 is 0.718 bits per heavy atom. The van der Waals surface area contributed by atoms with Gasteiger partial charge in [-0.05, 0) is 221 Å². The molecule has 0 N–H and O–H groups in total. The molecule has 14 rings (SSSR count). The molecule has 14 aromatic carbocycles. The van der Waals surface area contributed by atoms with Crippen LogP contribution in [-0.2, 0) is 5.41 Å². The van der Waals surface area contributed by atoms with Crippen molar-refractivity contribution in [3.63, 3.8) is 0 Å². The minimum atomic E-state index is -0.335. The van der Waals surface area contributed by atoms with Gasteiger partial charge in [0.15, 0.2) is 0 Å². The molecule has 0 amide bonds. The van der Waals surface area contributed by atoms with Crippen LogP contribution in [0.3, 0.4) is 0 Å². The number of fused-ring (bicyclic) bond motifs is 4. The Hall–Kier alpha value is -10.3. The van der Waals surface area contributed by atoms with Crippen molar-refractivity contribution in [2.45, 2.75) is 47.0 Å². The van der Waals surface area contributed by atoms with E-state index in [0.717, 1.165) is 34.1 Å². The number of aryl methyl sites for hydroxylation is 4. The van der Waals surface area contributed by atoms with Crippen molar-refractivity contribution in [1.29, 1.82) is 0 Å². The highest BCUT2D eigenvalue weighted by atomic mass is 15.1. The smallest absolute Gasteiger partial charge is 0.0470 e. The maximum Gasteiger partial charge on any atom is 0.0470 e. The van der Waals surface area contributed by atoms with Crippen LogP contribution in [0.2, 0.25) is 0 Å². The van der Waals surface area contributed by atoms with Gasteiger partial charge in [-0.3, -0.25) is 0 Å². The Kier molecular flexibility index (Phi) is 13.5. The molecule has 0 unspecified atom stereocenters. The average Bonchev–Trinajstić information content (AvgIpc) is 3.54. The lowest BCUT2D eigenvalue weighted by molar-refractivity contribution is 0.641. The van der Waals surface area contributed by atoms with E-state index >= 15 is 0 Å². The van der Waals surface area contributed by atoms with Gasteiger partial charge in [0.1, 0.15) is 0 Å². The van der Waals surface area contributed by atoms with Crippen LogP contribution in [-0.4, -0.2) is 0 Å². The van der Waals surface area contributed by atoms with Crippen LogP contribution in [0.15, 0.2) is 291 Å². The van der Waals surface area contributed by atoms with Crippen molar-refractivity contribution in [3.05, 3.63) is 325 Å². The van der Waals surface area contributed by atoms with Crippen LogP contribution in [0.4, 0.5) is 34.1 Å². The van der Waals surface area contributed by atoms with E-state index in [-0.39, 0.29) is 5.41 Å². The van der Waals surface area contributed by atoms with Crippen LogP contribution >= 0.6 is 0 Å². The van der Waals surface area contributed by atoms with Crippen molar-refractivity contribution in [1.82, 2.24) is 0 Å². The van der Waals surface area contributed by atoms with Gasteiger partial charge in [0, 0.05) is 39.5 Å². The summed E-state index contributed by atoms with van der Waals surface area (Å²) in [5.74, 6) is 0. The lowest BCUT2D eigenvalue weighted by Crippen LogP contribution is -2.19. The van der Waals surface area contributed by atoms with E-state index in [1.54, 1.807) is 0 Å². The highest BCUT2D eigenvalue weighted by Gasteiger charge is 2.26. The maximum absolute atomic E-state index is 2.46. The van der Waals surface area contributed by atoms with Gasteiger partial charge in [-0.1, -0.05) is 232 Å². The first-order valence-corrected chi connectivity index (χ1v) is 29.7. The molecule has 0 aliphatic heterocycles. The van der Waals surface area contributed by atoms with Crippen LogP contribution < -0.4 is 9.80 Å². The number of rotatable bonds is 12. The Labute approximate surface area is 500 Å². The Morgan fingerprint density at radius 2 is 0.459 bits per heavy atom. The van der Waals surface area contributed by atoms with E-state index in [0.29, 0.717) is 0 Å². The maximum atomic E-state index is 2.46. The van der Waals surface area contributed by atoms with E-state index in [1.165, 1.54) is 121 Å². The molecule has 0 bridgehead atoms. The fourth-order valence-electron chi connectivity index (χ4n) is 13.2. The number of anilines is 6. The van der Waals surface area contributed by atoms with Gasteiger partial charge < -0.3 is 9.80 Å². The van der Waals surface area contributed by atoms with E-state index in [1.807, 2.05) is 0 Å². The topological polar surface area (TPSA) is 6.48 Å². The lowest BCUT2D eigenvalue weighted by Gasteiger charge is -2.31. The third-order valence-corrected chi connectivity index (χ3v) is 17.4. The Balaban J connectivity index is 0.863. The molecule has 0 fully saturated rings. The van der Waals surface area contributed by atoms with Crippen molar-refractivity contribution >= 4 is 77.2 Å². The summed E-state index contributed by atoms with van der Waals surface area (Å²) in [4.78, 5) is 4.91. The van der Waals surface area contributed by atoms with E-state index in [4.69, 9.17) is 0 Å². The summed E-state index contributed by atoms with van der Waals surface area (Å²) in [6, 6.07) is 108. The SMILES string of the molecule is Cc1cc(-c2cccc3ccccc23)cc(N(c2ccc(C(C)(C)c3ccc(N(c4cc(C)cc(-c5cccc6ccccc56)c4)c4cc(C)cc(-c5cccc6ccccc56)c4)cc3)cc2)c2cc(C)cc(-c3cccc4ccccc34)c2)c1. The first kappa shape index (κ1) is 52.8. The van der Waals surface area contributed by atoms with Crippen LogP contribution in [0.25, 0.3) is 87.6 Å². The second kappa shape index (κ2) is 21.8. The monoisotopic (exact) mass is 1090 g/mol. The van der Waals surface area contributed by atoms with Gasteiger partial charge in [0.05, 0.1) is 0 Å². The number of hydrogen-bond donors (Lipinski definition) is 0. The van der Waals surface area contributed by atoms with Gasteiger partial charge in [-0.15, -0.1) is 0 Å². The zero-order valence-corrected chi connectivity index (χ0v) is 49.1. The molecule has 0 heterocycles. The molecule has 0 aliphatic rings. The minimum Gasteiger partial charge on any atom is -0.310 e. The average molecular weight is 1090 g/mol. The summed E-state index contributed by atoms with van der Waals surface area (Å²) in [5, 5.41) is 9.93.